The number of nitrogens with one attached hydrogen (secondary N) is 3. The molecule has 10 nitrogen and oxygen atoms in total. The molecule has 1 heterocycles. The number of hydrogen-bond acceptors (Lipinski definition) is 8. The predicted molar refractivity (Wildman–Crippen MR) is 145 cm³/mol. The molecule has 3 aromatic carbocycles. The van der Waals surface area contributed by atoms with E-state index < -0.39 is 28.3 Å². The van der Waals surface area contributed by atoms with Crippen LogP contribution >= 0.6 is 23.2 Å². The maximum Gasteiger partial charge on any atom is 0.355 e. The van der Waals surface area contributed by atoms with Gasteiger partial charge in [-0.1, -0.05) is 41.4 Å². The molecule has 13 heteroatoms. The Hall–Kier alpha value is -4.79. The van der Waals surface area contributed by atoms with Gasteiger partial charge in [-0.2, -0.15) is 5.26 Å². The molecule has 1 atom stereocenters. The Balaban J connectivity index is 1.60. The zero-order valence-corrected chi connectivity index (χ0v) is 21.6. The van der Waals surface area contributed by atoms with E-state index in [-0.39, 0.29) is 22.2 Å². The van der Waals surface area contributed by atoms with Crippen LogP contribution in [0.25, 0.3) is 0 Å². The van der Waals surface area contributed by atoms with Crippen LogP contribution in [-0.2, 0) is 0 Å². The molecule has 4 aromatic rings. The molecule has 0 aliphatic carbocycles. The summed E-state index contributed by atoms with van der Waals surface area (Å²) in [6.45, 7) is 1.74. The van der Waals surface area contributed by atoms with Crippen molar-refractivity contribution in [1.29, 1.82) is 5.26 Å². The van der Waals surface area contributed by atoms with Gasteiger partial charge in [-0.25, -0.2) is 14.4 Å². The number of carbonyl (C=O) groups is 1. The molecule has 0 spiro atoms. The van der Waals surface area contributed by atoms with E-state index in [1.807, 2.05) is 0 Å². The zero-order chi connectivity index (χ0) is 28.1. The van der Waals surface area contributed by atoms with Crippen LogP contribution in [0.3, 0.4) is 0 Å². The summed E-state index contributed by atoms with van der Waals surface area (Å²) in [5, 5.41) is 25.4. The van der Waals surface area contributed by atoms with Crippen molar-refractivity contribution in [1.82, 2.24) is 15.4 Å². The number of aryl methyl sites for hydroxylation is 1. The van der Waals surface area contributed by atoms with Gasteiger partial charge in [0.15, 0.2) is 0 Å². The van der Waals surface area contributed by atoms with Crippen LogP contribution in [0.15, 0.2) is 67.0 Å². The summed E-state index contributed by atoms with van der Waals surface area (Å²) in [5.74, 6) is -2.31. The van der Waals surface area contributed by atoms with Gasteiger partial charge in [0.1, 0.15) is 12.1 Å². The zero-order valence-electron chi connectivity index (χ0n) is 20.1. The van der Waals surface area contributed by atoms with E-state index in [4.69, 9.17) is 23.2 Å². The lowest BCUT2D eigenvalue weighted by molar-refractivity contribution is -0.383. The van der Waals surface area contributed by atoms with Gasteiger partial charge in [-0.3, -0.25) is 25.8 Å². The fourth-order valence-corrected chi connectivity index (χ4v) is 4.09. The van der Waals surface area contributed by atoms with Gasteiger partial charge in [-0.05, 0) is 66.1 Å². The number of nitrogens with zero attached hydrogens (tertiary/aromatic N) is 4. The van der Waals surface area contributed by atoms with E-state index in [0.29, 0.717) is 27.4 Å². The molecule has 0 saturated heterocycles. The number of benzene rings is 3. The number of nitro groups is 1. The highest BCUT2D eigenvalue weighted by Crippen LogP contribution is 2.37. The summed E-state index contributed by atoms with van der Waals surface area (Å²) in [6, 6.07) is 17.1. The van der Waals surface area contributed by atoms with Crippen LogP contribution < -0.4 is 16.2 Å². The fourth-order valence-electron chi connectivity index (χ4n) is 3.69. The molecule has 0 bridgehead atoms. The van der Waals surface area contributed by atoms with E-state index in [9.17, 15) is 24.6 Å². The van der Waals surface area contributed by atoms with Crippen molar-refractivity contribution in [3.8, 4) is 6.07 Å². The third kappa shape index (κ3) is 6.20. The lowest BCUT2D eigenvalue weighted by atomic mass is 9.91. The first-order chi connectivity index (χ1) is 18.7. The minimum atomic E-state index is -0.716. The molecule has 0 fully saturated rings. The Kier molecular flexibility index (Phi) is 8.19. The maximum atomic E-state index is 13.1. The Morgan fingerprint density at radius 3 is 2.38 bits per heavy atom. The van der Waals surface area contributed by atoms with E-state index in [1.165, 1.54) is 12.1 Å². The van der Waals surface area contributed by atoms with Gasteiger partial charge in [0.25, 0.3) is 5.91 Å². The molecular formula is C26H18Cl2FN7O3. The number of rotatable bonds is 8. The van der Waals surface area contributed by atoms with E-state index in [2.05, 4.69) is 32.2 Å². The Morgan fingerprint density at radius 1 is 1.08 bits per heavy atom. The van der Waals surface area contributed by atoms with Crippen molar-refractivity contribution >= 4 is 52.1 Å². The Labute approximate surface area is 231 Å². The quantitative estimate of drug-likeness (QED) is 0.167. The van der Waals surface area contributed by atoms with Crippen molar-refractivity contribution < 1.29 is 14.1 Å². The average molecular weight is 566 g/mol. The number of carbonyl (C=O) groups excluding carboxylic acids is 1. The largest absolute Gasteiger partial charge is 0.355 e. The first-order valence-electron chi connectivity index (χ1n) is 11.2. The molecule has 0 aliphatic rings. The number of aromatic nitrogens is 2. The van der Waals surface area contributed by atoms with Crippen LogP contribution in [-0.4, -0.2) is 20.8 Å². The van der Waals surface area contributed by atoms with Crippen molar-refractivity contribution in [3.05, 3.63) is 115 Å². The molecule has 1 aromatic heterocycles. The molecule has 4 rings (SSSR count). The summed E-state index contributed by atoms with van der Waals surface area (Å²) >= 11 is 12.5. The highest BCUT2D eigenvalue weighted by Gasteiger charge is 2.25. The number of halogens is 3. The van der Waals surface area contributed by atoms with Gasteiger partial charge in [0.2, 0.25) is 11.6 Å². The third-order valence-electron chi connectivity index (χ3n) is 5.65. The first kappa shape index (κ1) is 27.3. The Bertz CT molecular complexity index is 1590. The second-order valence-electron chi connectivity index (χ2n) is 8.19. The van der Waals surface area contributed by atoms with Crippen LogP contribution in [0.1, 0.15) is 33.0 Å². The van der Waals surface area contributed by atoms with Crippen molar-refractivity contribution in [3.63, 3.8) is 0 Å². The summed E-state index contributed by atoms with van der Waals surface area (Å²) in [4.78, 5) is 31.4. The number of nitriles is 1. The van der Waals surface area contributed by atoms with Gasteiger partial charge in [0.05, 0.1) is 16.9 Å². The normalized spacial score (nSPS) is 11.3. The number of amides is 1. The van der Waals surface area contributed by atoms with Crippen molar-refractivity contribution in [2.75, 3.05) is 10.7 Å². The lowest BCUT2D eigenvalue weighted by Gasteiger charge is -2.17. The van der Waals surface area contributed by atoms with Crippen molar-refractivity contribution in [2.24, 2.45) is 0 Å². The van der Waals surface area contributed by atoms with Gasteiger partial charge < -0.3 is 5.32 Å². The van der Waals surface area contributed by atoms with E-state index >= 15 is 0 Å². The first-order valence-corrected chi connectivity index (χ1v) is 12.0. The van der Waals surface area contributed by atoms with Gasteiger partial charge in [0, 0.05) is 21.3 Å². The maximum absolute atomic E-state index is 13.1. The fraction of sp³-hybridized carbons (Fsp3) is 0.0769. The molecule has 39 heavy (non-hydrogen) atoms. The average Bonchev–Trinajstić information content (AvgIpc) is 2.91. The molecule has 0 aliphatic heterocycles. The minimum absolute atomic E-state index is 0.124. The molecular weight excluding hydrogens is 548 g/mol. The summed E-state index contributed by atoms with van der Waals surface area (Å²) in [5.41, 5.74) is 6.57. The predicted octanol–water partition coefficient (Wildman–Crippen LogP) is 6.30. The van der Waals surface area contributed by atoms with Crippen LogP contribution in [0, 0.1) is 34.2 Å². The highest BCUT2D eigenvalue weighted by atomic mass is 35.5. The van der Waals surface area contributed by atoms with E-state index in [1.54, 1.807) is 43.3 Å². The monoisotopic (exact) mass is 565 g/mol. The lowest BCUT2D eigenvalue weighted by Crippen LogP contribution is -2.30. The third-order valence-corrected chi connectivity index (χ3v) is 6.23. The SMILES string of the molecule is Cc1cc(C(C#N)c2ccc(Cl)cc2)c(Cl)cc1Nc1ncnc(NNC(=O)c2ccc(F)cc2)c1[N+](=O)[O-]. The second kappa shape index (κ2) is 11.7. The topological polar surface area (TPSA) is 146 Å². The van der Waals surface area contributed by atoms with Gasteiger partial charge >= 0.3 is 5.69 Å². The number of hydrazine groups is 1. The molecule has 0 radical (unpaired) electrons. The standard InChI is InChI=1S/C26H18Cl2FN7O3/c1-14-10-19(20(12-30)15-2-6-17(27)7-3-15)21(28)11-22(14)33-24-23(36(38)39)25(32-13-31-24)34-35-26(37)16-4-8-18(29)9-5-16/h2-11,13,20H,1H3,(H,35,37)(H2,31,32,33,34). The van der Waals surface area contributed by atoms with Gasteiger partial charge in [-0.15, -0.1) is 0 Å². The number of hydrogen-bond donors (Lipinski definition) is 3. The summed E-state index contributed by atoms with van der Waals surface area (Å²) < 4.78 is 13.1. The molecule has 196 valence electrons. The molecule has 1 unspecified atom stereocenters. The minimum Gasteiger partial charge on any atom is -0.334 e. The van der Waals surface area contributed by atoms with Crippen LogP contribution in [0.4, 0.5) is 27.4 Å². The summed E-state index contributed by atoms with van der Waals surface area (Å²) in [6.07, 6.45) is 1.07. The Morgan fingerprint density at radius 2 is 1.74 bits per heavy atom. The molecule has 1 amide bonds. The van der Waals surface area contributed by atoms with Crippen LogP contribution in [0.5, 0.6) is 0 Å². The van der Waals surface area contributed by atoms with Crippen molar-refractivity contribution in [2.45, 2.75) is 12.8 Å². The number of anilines is 3. The molecule has 0 saturated carbocycles. The molecule has 3 N–H and O–H groups in total. The van der Waals surface area contributed by atoms with E-state index in [0.717, 1.165) is 18.5 Å². The van der Waals surface area contributed by atoms with Crippen LogP contribution in [0.2, 0.25) is 10.0 Å². The second-order valence-corrected chi connectivity index (χ2v) is 9.03. The smallest absolute Gasteiger partial charge is 0.334 e. The highest BCUT2D eigenvalue weighted by molar-refractivity contribution is 6.32. The summed E-state index contributed by atoms with van der Waals surface area (Å²) in [7, 11) is 0.